The van der Waals surface area contributed by atoms with Crippen LogP contribution < -0.4 is 10.1 Å². The molecule has 110 valence electrons. The van der Waals surface area contributed by atoms with Crippen LogP contribution in [0.15, 0.2) is 46.3 Å². The molecule has 0 unspecified atom stereocenters. The molecule has 0 saturated heterocycles. The normalized spacial score (nSPS) is 10.2. The number of hydrogen-bond donors (Lipinski definition) is 1. The van der Waals surface area contributed by atoms with Crippen LogP contribution >= 0.6 is 11.8 Å². The van der Waals surface area contributed by atoms with Crippen molar-refractivity contribution in [3.8, 4) is 5.75 Å². The zero-order valence-corrected chi connectivity index (χ0v) is 12.5. The monoisotopic (exact) mass is 305 g/mol. The topological polar surface area (TPSA) is 77.3 Å². The summed E-state index contributed by atoms with van der Waals surface area (Å²) in [5, 5.41) is 14.5. The van der Waals surface area contributed by atoms with Crippen LogP contribution in [0.5, 0.6) is 5.75 Å². The van der Waals surface area contributed by atoms with Gasteiger partial charge in [-0.05, 0) is 25.1 Å². The third-order valence-electron chi connectivity index (χ3n) is 2.62. The van der Waals surface area contributed by atoms with E-state index in [0.717, 1.165) is 10.6 Å². The predicted molar refractivity (Wildman–Crippen MR) is 82.2 cm³/mol. The Kier molecular flexibility index (Phi) is 4.99. The minimum absolute atomic E-state index is 0.0198. The third kappa shape index (κ3) is 4.09. The van der Waals surface area contributed by atoms with Crippen molar-refractivity contribution in [3.63, 3.8) is 0 Å². The first-order valence-electron chi connectivity index (χ1n) is 6.34. The van der Waals surface area contributed by atoms with E-state index in [1.807, 2.05) is 31.2 Å². The summed E-state index contributed by atoms with van der Waals surface area (Å²) < 4.78 is 5.16. The number of benzene rings is 1. The van der Waals surface area contributed by atoms with Crippen LogP contribution in [0.25, 0.3) is 0 Å². The van der Waals surface area contributed by atoms with E-state index in [-0.39, 0.29) is 5.69 Å². The van der Waals surface area contributed by atoms with E-state index in [4.69, 9.17) is 4.74 Å². The number of nitro groups is 1. The minimum Gasteiger partial charge on any atom is -0.497 e. The van der Waals surface area contributed by atoms with Gasteiger partial charge in [0.25, 0.3) is 5.69 Å². The fourth-order valence-corrected chi connectivity index (χ4v) is 2.59. The smallest absolute Gasteiger partial charge is 0.275 e. The molecule has 7 heteroatoms. The lowest BCUT2D eigenvalue weighted by molar-refractivity contribution is -0.385. The van der Waals surface area contributed by atoms with Crippen molar-refractivity contribution in [3.05, 3.63) is 46.5 Å². The van der Waals surface area contributed by atoms with E-state index in [0.29, 0.717) is 17.4 Å². The summed E-state index contributed by atoms with van der Waals surface area (Å²) >= 11 is 1.35. The van der Waals surface area contributed by atoms with Crippen LogP contribution in [0.3, 0.4) is 0 Å². The highest BCUT2D eigenvalue weighted by atomic mass is 32.2. The highest BCUT2D eigenvalue weighted by Gasteiger charge is 2.12. The number of hydrogen-bond acceptors (Lipinski definition) is 6. The molecule has 21 heavy (non-hydrogen) atoms. The Hall–Kier alpha value is -2.28. The predicted octanol–water partition coefficient (Wildman–Crippen LogP) is 3.58. The lowest BCUT2D eigenvalue weighted by Crippen LogP contribution is -2.01. The van der Waals surface area contributed by atoms with Gasteiger partial charge in [-0.25, -0.2) is 4.98 Å². The molecule has 0 radical (unpaired) electrons. The fourth-order valence-electron chi connectivity index (χ4n) is 1.71. The molecule has 1 heterocycles. The minimum atomic E-state index is -0.418. The SMILES string of the molecule is CCNc1cc([N+](=O)[O-])cc(Sc2cccc(OC)c2)n1. The van der Waals surface area contributed by atoms with Crippen molar-refractivity contribution >= 4 is 23.3 Å². The molecule has 0 bridgehead atoms. The van der Waals surface area contributed by atoms with Gasteiger partial charge in [0.15, 0.2) is 0 Å². The van der Waals surface area contributed by atoms with Crippen molar-refractivity contribution in [2.75, 3.05) is 19.0 Å². The number of rotatable bonds is 6. The molecule has 1 N–H and O–H groups in total. The van der Waals surface area contributed by atoms with Gasteiger partial charge in [-0.1, -0.05) is 17.8 Å². The summed E-state index contributed by atoms with van der Waals surface area (Å²) in [6.07, 6.45) is 0. The second-order valence-corrected chi connectivity index (χ2v) is 5.21. The van der Waals surface area contributed by atoms with Crippen LogP contribution in [-0.4, -0.2) is 23.6 Å². The quantitative estimate of drug-likeness (QED) is 0.649. The van der Waals surface area contributed by atoms with E-state index in [2.05, 4.69) is 10.3 Å². The Balaban J connectivity index is 2.31. The third-order valence-corrected chi connectivity index (χ3v) is 3.53. The number of methoxy groups -OCH3 is 1. The van der Waals surface area contributed by atoms with E-state index >= 15 is 0 Å². The average molecular weight is 305 g/mol. The van der Waals surface area contributed by atoms with E-state index in [1.165, 1.54) is 23.9 Å². The maximum atomic E-state index is 11.0. The summed E-state index contributed by atoms with van der Waals surface area (Å²) in [6, 6.07) is 10.4. The van der Waals surface area contributed by atoms with Crippen molar-refractivity contribution < 1.29 is 9.66 Å². The summed E-state index contributed by atoms with van der Waals surface area (Å²) in [6.45, 7) is 2.56. The maximum Gasteiger partial charge on any atom is 0.275 e. The molecule has 0 amide bonds. The van der Waals surface area contributed by atoms with Crippen molar-refractivity contribution in [2.24, 2.45) is 0 Å². The van der Waals surface area contributed by atoms with Crippen LogP contribution in [-0.2, 0) is 0 Å². The lowest BCUT2D eigenvalue weighted by Gasteiger charge is -2.07. The first-order valence-corrected chi connectivity index (χ1v) is 7.16. The summed E-state index contributed by atoms with van der Waals surface area (Å²) in [5.74, 6) is 1.23. The number of anilines is 1. The number of nitrogens with zero attached hydrogens (tertiary/aromatic N) is 2. The van der Waals surface area contributed by atoms with Gasteiger partial charge in [-0.15, -0.1) is 0 Å². The second-order valence-electron chi connectivity index (χ2n) is 4.12. The van der Waals surface area contributed by atoms with Crippen LogP contribution in [0, 0.1) is 10.1 Å². The molecule has 0 saturated carbocycles. The Labute approximate surface area is 126 Å². The van der Waals surface area contributed by atoms with Crippen LogP contribution in [0.2, 0.25) is 0 Å². The van der Waals surface area contributed by atoms with E-state index < -0.39 is 4.92 Å². The van der Waals surface area contributed by atoms with Crippen molar-refractivity contribution in [2.45, 2.75) is 16.8 Å². The zero-order valence-electron chi connectivity index (χ0n) is 11.7. The van der Waals surface area contributed by atoms with Crippen molar-refractivity contribution in [1.29, 1.82) is 0 Å². The molecule has 0 atom stereocenters. The first kappa shape index (κ1) is 15.1. The molecule has 2 aromatic rings. The van der Waals surface area contributed by atoms with Crippen LogP contribution in [0.1, 0.15) is 6.92 Å². The summed E-state index contributed by atoms with van der Waals surface area (Å²) in [7, 11) is 1.60. The summed E-state index contributed by atoms with van der Waals surface area (Å²) in [5.41, 5.74) is 0.0198. The fraction of sp³-hybridized carbons (Fsp3) is 0.214. The van der Waals surface area contributed by atoms with E-state index in [9.17, 15) is 10.1 Å². The zero-order chi connectivity index (χ0) is 15.2. The first-order chi connectivity index (χ1) is 10.1. The number of aromatic nitrogens is 1. The average Bonchev–Trinajstić information content (AvgIpc) is 2.47. The Morgan fingerprint density at radius 3 is 2.86 bits per heavy atom. The van der Waals surface area contributed by atoms with Crippen molar-refractivity contribution in [1.82, 2.24) is 4.98 Å². The molecule has 2 rings (SSSR count). The van der Waals surface area contributed by atoms with Gasteiger partial charge < -0.3 is 10.1 Å². The van der Waals surface area contributed by atoms with Gasteiger partial charge in [-0.3, -0.25) is 10.1 Å². The lowest BCUT2D eigenvalue weighted by atomic mass is 10.3. The molecule has 0 aliphatic carbocycles. The van der Waals surface area contributed by atoms with Gasteiger partial charge in [-0.2, -0.15) is 0 Å². The Bertz CT molecular complexity index is 649. The van der Waals surface area contributed by atoms with Gasteiger partial charge >= 0.3 is 0 Å². The number of pyridine rings is 1. The van der Waals surface area contributed by atoms with Gasteiger partial charge in [0.2, 0.25) is 0 Å². The van der Waals surface area contributed by atoms with Gasteiger partial charge in [0.05, 0.1) is 18.1 Å². The number of ether oxygens (including phenoxy) is 1. The largest absolute Gasteiger partial charge is 0.497 e. The molecular formula is C14H15N3O3S. The molecule has 6 nitrogen and oxygen atoms in total. The molecule has 1 aromatic heterocycles. The molecule has 1 aromatic carbocycles. The van der Waals surface area contributed by atoms with Gasteiger partial charge in [0, 0.05) is 17.5 Å². The second kappa shape index (κ2) is 6.94. The molecule has 0 aliphatic rings. The van der Waals surface area contributed by atoms with Crippen LogP contribution in [0.4, 0.5) is 11.5 Å². The molecule has 0 aliphatic heterocycles. The Morgan fingerprint density at radius 1 is 1.38 bits per heavy atom. The van der Waals surface area contributed by atoms with Gasteiger partial charge in [0.1, 0.15) is 16.6 Å². The standard InChI is InChI=1S/C14H15N3O3S/c1-3-15-13-7-10(17(18)19)8-14(16-13)21-12-6-4-5-11(9-12)20-2/h4-9H,3H2,1-2H3,(H,15,16). The number of nitrogens with one attached hydrogen (secondary N) is 1. The maximum absolute atomic E-state index is 11.0. The molecular weight excluding hydrogens is 290 g/mol. The van der Waals surface area contributed by atoms with E-state index in [1.54, 1.807) is 7.11 Å². The summed E-state index contributed by atoms with van der Waals surface area (Å²) in [4.78, 5) is 15.8. The molecule has 0 spiro atoms. The highest BCUT2D eigenvalue weighted by molar-refractivity contribution is 7.99. The Morgan fingerprint density at radius 2 is 2.19 bits per heavy atom. The molecule has 0 fully saturated rings. The highest BCUT2D eigenvalue weighted by Crippen LogP contribution is 2.31.